The van der Waals surface area contributed by atoms with E-state index in [0.717, 1.165) is 24.4 Å². The molecule has 1 aromatic heterocycles. The fourth-order valence-electron chi connectivity index (χ4n) is 1.35. The third-order valence-electron chi connectivity index (χ3n) is 2.27. The minimum absolute atomic E-state index is 0.0836. The molecule has 0 aliphatic heterocycles. The van der Waals surface area contributed by atoms with Crippen LogP contribution in [0.25, 0.3) is 0 Å². The Morgan fingerprint density at radius 3 is 2.69 bits per heavy atom. The highest BCUT2D eigenvalue weighted by molar-refractivity contribution is 5.10. The molecule has 0 unspecified atom stereocenters. The summed E-state index contributed by atoms with van der Waals surface area (Å²) in [6.45, 7) is 4.26. The molecule has 74 valence electrons. The van der Waals surface area contributed by atoms with Crippen molar-refractivity contribution in [2.75, 3.05) is 0 Å². The van der Waals surface area contributed by atoms with E-state index in [0.29, 0.717) is 0 Å². The molecular weight excluding hydrogens is 162 g/mol. The minimum Gasteiger partial charge on any atom is -0.464 e. The van der Waals surface area contributed by atoms with E-state index in [4.69, 9.17) is 10.2 Å². The van der Waals surface area contributed by atoms with Crippen LogP contribution in [0.2, 0.25) is 0 Å². The van der Waals surface area contributed by atoms with Crippen molar-refractivity contribution in [3.63, 3.8) is 0 Å². The van der Waals surface area contributed by atoms with Crippen molar-refractivity contribution in [1.29, 1.82) is 0 Å². The van der Waals surface area contributed by atoms with Crippen LogP contribution in [0.5, 0.6) is 0 Å². The minimum atomic E-state index is 0.0836. The highest BCUT2D eigenvalue weighted by Crippen LogP contribution is 2.19. The van der Waals surface area contributed by atoms with Gasteiger partial charge in [-0.25, -0.2) is 0 Å². The molecular formula is C11H19NO. The number of rotatable bonds is 5. The van der Waals surface area contributed by atoms with Crippen molar-refractivity contribution in [2.45, 2.75) is 45.6 Å². The Labute approximate surface area is 80.1 Å². The number of hydrogen-bond acceptors (Lipinski definition) is 2. The molecule has 0 spiro atoms. The Kier molecular flexibility index (Phi) is 4.03. The summed E-state index contributed by atoms with van der Waals surface area (Å²) in [5.74, 6) is 1.97. The molecule has 13 heavy (non-hydrogen) atoms. The summed E-state index contributed by atoms with van der Waals surface area (Å²) in [7, 11) is 0. The van der Waals surface area contributed by atoms with E-state index in [1.165, 1.54) is 12.8 Å². The number of nitrogens with two attached hydrogens (primary N) is 1. The van der Waals surface area contributed by atoms with E-state index in [9.17, 15) is 0 Å². The summed E-state index contributed by atoms with van der Waals surface area (Å²) in [4.78, 5) is 0. The monoisotopic (exact) mass is 181 g/mol. The topological polar surface area (TPSA) is 39.2 Å². The first-order valence-electron chi connectivity index (χ1n) is 5.12. The van der Waals surface area contributed by atoms with Crippen molar-refractivity contribution in [3.8, 4) is 0 Å². The SMILES string of the molecule is CCCC[C@H](N)c1ccc(CC)o1. The molecule has 1 atom stereocenters. The molecule has 0 radical (unpaired) electrons. The zero-order valence-corrected chi connectivity index (χ0v) is 8.55. The molecule has 0 amide bonds. The molecule has 0 saturated carbocycles. The maximum absolute atomic E-state index is 5.96. The van der Waals surface area contributed by atoms with Crippen LogP contribution in [-0.2, 0) is 6.42 Å². The largest absolute Gasteiger partial charge is 0.464 e. The van der Waals surface area contributed by atoms with E-state index in [2.05, 4.69) is 13.8 Å². The van der Waals surface area contributed by atoms with E-state index >= 15 is 0 Å². The zero-order valence-electron chi connectivity index (χ0n) is 8.55. The van der Waals surface area contributed by atoms with E-state index in [1.807, 2.05) is 12.1 Å². The molecule has 2 nitrogen and oxygen atoms in total. The summed E-state index contributed by atoms with van der Waals surface area (Å²) >= 11 is 0. The quantitative estimate of drug-likeness (QED) is 0.758. The van der Waals surface area contributed by atoms with Gasteiger partial charge in [0.2, 0.25) is 0 Å². The van der Waals surface area contributed by atoms with Gasteiger partial charge in [-0.3, -0.25) is 0 Å². The van der Waals surface area contributed by atoms with Crippen LogP contribution in [-0.4, -0.2) is 0 Å². The van der Waals surface area contributed by atoms with Crippen LogP contribution in [0.1, 0.15) is 50.7 Å². The zero-order chi connectivity index (χ0) is 9.68. The van der Waals surface area contributed by atoms with Gasteiger partial charge in [0.05, 0.1) is 6.04 Å². The predicted octanol–water partition coefficient (Wildman–Crippen LogP) is 3.03. The second-order valence-electron chi connectivity index (χ2n) is 3.41. The van der Waals surface area contributed by atoms with Gasteiger partial charge in [-0.2, -0.15) is 0 Å². The Morgan fingerprint density at radius 1 is 1.38 bits per heavy atom. The maximum Gasteiger partial charge on any atom is 0.120 e. The molecule has 0 aromatic carbocycles. The van der Waals surface area contributed by atoms with Gasteiger partial charge in [0.1, 0.15) is 11.5 Å². The van der Waals surface area contributed by atoms with Crippen molar-refractivity contribution in [1.82, 2.24) is 0 Å². The molecule has 0 aliphatic carbocycles. The van der Waals surface area contributed by atoms with Gasteiger partial charge < -0.3 is 10.2 Å². The summed E-state index contributed by atoms with van der Waals surface area (Å²) < 4.78 is 5.57. The molecule has 0 fully saturated rings. The molecule has 1 aromatic rings. The molecule has 0 aliphatic rings. The summed E-state index contributed by atoms with van der Waals surface area (Å²) in [5, 5.41) is 0. The van der Waals surface area contributed by atoms with Gasteiger partial charge in [-0.15, -0.1) is 0 Å². The molecule has 2 heteroatoms. The first-order chi connectivity index (χ1) is 6.27. The average Bonchev–Trinajstić information content (AvgIpc) is 2.62. The van der Waals surface area contributed by atoms with Gasteiger partial charge in [0.25, 0.3) is 0 Å². The number of furan rings is 1. The highest BCUT2D eigenvalue weighted by atomic mass is 16.3. The first-order valence-corrected chi connectivity index (χ1v) is 5.12. The van der Waals surface area contributed by atoms with Crippen LogP contribution in [0.4, 0.5) is 0 Å². The van der Waals surface area contributed by atoms with E-state index in [1.54, 1.807) is 0 Å². The van der Waals surface area contributed by atoms with Gasteiger partial charge in [0, 0.05) is 6.42 Å². The van der Waals surface area contributed by atoms with E-state index < -0.39 is 0 Å². The number of aryl methyl sites for hydroxylation is 1. The molecule has 1 rings (SSSR count). The van der Waals surface area contributed by atoms with Crippen molar-refractivity contribution in [3.05, 3.63) is 23.7 Å². The summed E-state index contributed by atoms with van der Waals surface area (Å²) in [6, 6.07) is 4.10. The van der Waals surface area contributed by atoms with Crippen molar-refractivity contribution >= 4 is 0 Å². The first kappa shape index (κ1) is 10.3. The van der Waals surface area contributed by atoms with E-state index in [-0.39, 0.29) is 6.04 Å². The summed E-state index contributed by atoms with van der Waals surface area (Å²) in [6.07, 6.45) is 4.33. The standard InChI is InChI=1S/C11H19NO/c1-3-5-6-10(12)11-8-7-9(4-2)13-11/h7-8,10H,3-6,12H2,1-2H3/t10-/m0/s1. The van der Waals surface area contributed by atoms with Crippen LogP contribution in [0, 0.1) is 0 Å². The van der Waals surface area contributed by atoms with Crippen LogP contribution >= 0.6 is 0 Å². The lowest BCUT2D eigenvalue weighted by atomic mass is 10.1. The molecule has 2 N–H and O–H groups in total. The van der Waals surface area contributed by atoms with Crippen molar-refractivity contribution in [2.24, 2.45) is 5.73 Å². The number of hydrogen-bond donors (Lipinski definition) is 1. The molecule has 0 saturated heterocycles. The Hall–Kier alpha value is -0.760. The second kappa shape index (κ2) is 5.07. The second-order valence-corrected chi connectivity index (χ2v) is 3.41. The normalized spacial score (nSPS) is 13.2. The van der Waals surface area contributed by atoms with Crippen LogP contribution in [0.15, 0.2) is 16.5 Å². The van der Waals surface area contributed by atoms with Crippen molar-refractivity contribution < 1.29 is 4.42 Å². The number of unbranched alkanes of at least 4 members (excludes halogenated alkanes) is 1. The summed E-state index contributed by atoms with van der Waals surface area (Å²) in [5.41, 5.74) is 5.96. The third kappa shape index (κ3) is 2.88. The Bertz CT molecular complexity index is 242. The van der Waals surface area contributed by atoms with Crippen LogP contribution in [0.3, 0.4) is 0 Å². The lowest BCUT2D eigenvalue weighted by Crippen LogP contribution is -2.08. The predicted molar refractivity (Wildman–Crippen MR) is 54.5 cm³/mol. The Morgan fingerprint density at radius 2 is 2.15 bits per heavy atom. The average molecular weight is 181 g/mol. The van der Waals surface area contributed by atoms with Gasteiger partial charge >= 0.3 is 0 Å². The fraction of sp³-hybridized carbons (Fsp3) is 0.636. The van der Waals surface area contributed by atoms with Gasteiger partial charge in [-0.1, -0.05) is 26.7 Å². The molecule has 0 bridgehead atoms. The lowest BCUT2D eigenvalue weighted by Gasteiger charge is -2.06. The lowest BCUT2D eigenvalue weighted by molar-refractivity contribution is 0.420. The van der Waals surface area contributed by atoms with Gasteiger partial charge in [-0.05, 0) is 18.6 Å². The smallest absolute Gasteiger partial charge is 0.120 e. The fourth-order valence-corrected chi connectivity index (χ4v) is 1.35. The molecule has 1 heterocycles. The van der Waals surface area contributed by atoms with Crippen LogP contribution < -0.4 is 5.73 Å². The highest BCUT2D eigenvalue weighted by Gasteiger charge is 2.09. The Balaban J connectivity index is 2.50. The van der Waals surface area contributed by atoms with Gasteiger partial charge in [0.15, 0.2) is 0 Å². The third-order valence-corrected chi connectivity index (χ3v) is 2.27. The maximum atomic E-state index is 5.96.